The third kappa shape index (κ3) is 4.91. The molecule has 9 nitrogen and oxygen atoms in total. The predicted octanol–water partition coefficient (Wildman–Crippen LogP) is 3.05. The second-order valence-electron chi connectivity index (χ2n) is 8.44. The molecule has 1 aliphatic carbocycles. The summed E-state index contributed by atoms with van der Waals surface area (Å²) in [5.41, 5.74) is 14.2. The van der Waals surface area contributed by atoms with Crippen molar-refractivity contribution in [1.29, 1.82) is 0 Å². The Hall–Kier alpha value is -3.24. The number of nitrogens with two attached hydrogens (primary N) is 2. The highest BCUT2D eigenvalue weighted by atomic mass is 19.1. The van der Waals surface area contributed by atoms with Crippen LogP contribution >= 0.6 is 0 Å². The fourth-order valence-electron chi connectivity index (χ4n) is 4.29. The standard InChI is InChI=1S/C23H30FN7O2/c1-13-15-11-14(7-8-20(15)31(30-13)9-10-33-2)27-22-16(21(26)32)12-17(24)23(29-22)28-19-6-4-3-5-18(19)25/h7-8,11-12,18-19H,3-6,9-10,25H2,1-2H3,(H2,26,32)(H2,27,28,29)/t18-,19+/m0/s1. The minimum atomic E-state index is -0.769. The molecule has 2 atom stereocenters. The number of fused-ring (bicyclic) bond motifs is 1. The fourth-order valence-corrected chi connectivity index (χ4v) is 4.29. The zero-order valence-corrected chi connectivity index (χ0v) is 18.9. The number of hydrogen-bond acceptors (Lipinski definition) is 7. The maximum Gasteiger partial charge on any atom is 0.252 e. The van der Waals surface area contributed by atoms with Gasteiger partial charge in [0.25, 0.3) is 5.91 Å². The van der Waals surface area contributed by atoms with Crippen LogP contribution in [0, 0.1) is 12.7 Å². The van der Waals surface area contributed by atoms with Crippen molar-refractivity contribution in [2.45, 2.75) is 51.2 Å². The number of primary amides is 1. The lowest BCUT2D eigenvalue weighted by Crippen LogP contribution is -2.43. The lowest BCUT2D eigenvalue weighted by Gasteiger charge is -2.30. The SMILES string of the molecule is COCCn1nc(C)c2cc(Nc3nc(N[C@@H]4CCCC[C@@H]4N)c(F)cc3C(N)=O)ccc21. The number of nitrogens with one attached hydrogen (secondary N) is 2. The molecule has 1 aliphatic rings. The van der Waals surface area contributed by atoms with Crippen LogP contribution in [-0.2, 0) is 11.3 Å². The van der Waals surface area contributed by atoms with Crippen LogP contribution in [0.25, 0.3) is 10.9 Å². The smallest absolute Gasteiger partial charge is 0.252 e. The number of aryl methyl sites for hydroxylation is 1. The van der Waals surface area contributed by atoms with Gasteiger partial charge in [-0.25, -0.2) is 9.37 Å². The monoisotopic (exact) mass is 455 g/mol. The number of hydrogen-bond donors (Lipinski definition) is 4. The third-order valence-corrected chi connectivity index (χ3v) is 6.09. The molecule has 1 aromatic carbocycles. The van der Waals surface area contributed by atoms with E-state index in [1.54, 1.807) is 7.11 Å². The Morgan fingerprint density at radius 2 is 2.06 bits per heavy atom. The molecule has 0 saturated heterocycles. The van der Waals surface area contributed by atoms with Gasteiger partial charge < -0.3 is 26.8 Å². The van der Waals surface area contributed by atoms with Gasteiger partial charge in [-0.15, -0.1) is 0 Å². The lowest BCUT2D eigenvalue weighted by molar-refractivity contribution is 0.100. The summed E-state index contributed by atoms with van der Waals surface area (Å²) < 4.78 is 21.8. The van der Waals surface area contributed by atoms with E-state index in [0.717, 1.165) is 48.3 Å². The van der Waals surface area contributed by atoms with Crippen molar-refractivity contribution in [3.63, 3.8) is 0 Å². The summed E-state index contributed by atoms with van der Waals surface area (Å²) >= 11 is 0. The molecule has 1 amide bonds. The first-order valence-corrected chi connectivity index (χ1v) is 11.1. The van der Waals surface area contributed by atoms with Gasteiger partial charge in [-0.1, -0.05) is 12.8 Å². The number of rotatable bonds is 8. The van der Waals surface area contributed by atoms with E-state index >= 15 is 0 Å². The number of pyridine rings is 1. The summed E-state index contributed by atoms with van der Waals surface area (Å²) in [6.45, 7) is 3.12. The minimum absolute atomic E-state index is 0.0291. The van der Waals surface area contributed by atoms with Crippen molar-refractivity contribution in [2.75, 3.05) is 24.4 Å². The molecule has 4 rings (SSSR count). The van der Waals surface area contributed by atoms with Crippen LogP contribution in [0.3, 0.4) is 0 Å². The molecule has 33 heavy (non-hydrogen) atoms. The predicted molar refractivity (Wildman–Crippen MR) is 126 cm³/mol. The van der Waals surface area contributed by atoms with E-state index < -0.39 is 11.7 Å². The average Bonchev–Trinajstić information content (AvgIpc) is 3.10. The number of aromatic nitrogens is 3. The van der Waals surface area contributed by atoms with Gasteiger partial charge >= 0.3 is 0 Å². The van der Waals surface area contributed by atoms with Crippen molar-refractivity contribution in [3.8, 4) is 0 Å². The first-order chi connectivity index (χ1) is 15.9. The number of nitrogens with zero attached hydrogens (tertiary/aromatic N) is 3. The van der Waals surface area contributed by atoms with Crippen molar-refractivity contribution >= 4 is 34.1 Å². The summed E-state index contributed by atoms with van der Waals surface area (Å²) in [6, 6.07) is 6.66. The van der Waals surface area contributed by atoms with Crippen molar-refractivity contribution in [1.82, 2.24) is 14.8 Å². The van der Waals surface area contributed by atoms with Crippen molar-refractivity contribution in [3.05, 3.63) is 41.3 Å². The van der Waals surface area contributed by atoms with E-state index in [9.17, 15) is 9.18 Å². The topological polar surface area (TPSA) is 133 Å². The molecule has 0 bridgehead atoms. The van der Waals surface area contributed by atoms with Crippen LogP contribution in [0.5, 0.6) is 0 Å². The highest BCUT2D eigenvalue weighted by molar-refractivity contribution is 5.99. The number of ether oxygens (including phenoxy) is 1. The summed E-state index contributed by atoms with van der Waals surface area (Å²) in [4.78, 5) is 16.4. The van der Waals surface area contributed by atoms with Crippen LogP contribution < -0.4 is 22.1 Å². The van der Waals surface area contributed by atoms with E-state index in [4.69, 9.17) is 16.2 Å². The van der Waals surface area contributed by atoms with Crippen LogP contribution in [-0.4, -0.2) is 46.5 Å². The Labute approximate surface area is 191 Å². The minimum Gasteiger partial charge on any atom is -0.383 e. The molecule has 6 N–H and O–H groups in total. The number of amides is 1. The van der Waals surface area contributed by atoms with Crippen LogP contribution in [0.1, 0.15) is 41.7 Å². The molecule has 176 valence electrons. The van der Waals surface area contributed by atoms with Crippen molar-refractivity contribution in [2.24, 2.45) is 11.5 Å². The molecule has 0 radical (unpaired) electrons. The first-order valence-electron chi connectivity index (χ1n) is 11.1. The molecule has 1 saturated carbocycles. The molecule has 1 fully saturated rings. The highest BCUT2D eigenvalue weighted by Gasteiger charge is 2.24. The first kappa shape index (κ1) is 22.9. The number of carbonyl (C=O) groups is 1. The fraction of sp³-hybridized carbons (Fsp3) is 0.435. The van der Waals surface area contributed by atoms with E-state index in [2.05, 4.69) is 20.7 Å². The van der Waals surface area contributed by atoms with Gasteiger partial charge in [0.2, 0.25) is 0 Å². The molecule has 10 heteroatoms. The molecule has 2 aromatic heterocycles. The molecule has 0 unspecified atom stereocenters. The summed E-state index contributed by atoms with van der Waals surface area (Å²) in [5, 5.41) is 11.8. The molecule has 0 aliphatic heterocycles. The molecular formula is C23H30FN7O2. The quantitative estimate of drug-likeness (QED) is 0.410. The molecule has 0 spiro atoms. The number of anilines is 3. The number of benzene rings is 1. The third-order valence-electron chi connectivity index (χ3n) is 6.09. The Balaban J connectivity index is 1.65. The van der Waals surface area contributed by atoms with Crippen LogP contribution in [0.4, 0.5) is 21.7 Å². The van der Waals surface area contributed by atoms with E-state index in [1.807, 2.05) is 29.8 Å². The molecular weight excluding hydrogens is 425 g/mol. The van der Waals surface area contributed by atoms with Crippen LogP contribution in [0.2, 0.25) is 0 Å². The summed E-state index contributed by atoms with van der Waals surface area (Å²) in [5.74, 6) is -1.18. The van der Waals surface area contributed by atoms with Gasteiger partial charge in [0.15, 0.2) is 11.6 Å². The molecule has 3 aromatic rings. The zero-order valence-electron chi connectivity index (χ0n) is 18.9. The lowest BCUT2D eigenvalue weighted by atomic mass is 9.91. The summed E-state index contributed by atoms with van der Waals surface area (Å²) in [6.07, 6.45) is 3.80. The van der Waals surface area contributed by atoms with E-state index in [0.29, 0.717) is 18.8 Å². The number of methoxy groups -OCH3 is 1. The summed E-state index contributed by atoms with van der Waals surface area (Å²) in [7, 11) is 1.65. The normalized spacial score (nSPS) is 18.4. The van der Waals surface area contributed by atoms with Gasteiger partial charge in [-0.2, -0.15) is 5.10 Å². The van der Waals surface area contributed by atoms with Gasteiger partial charge in [0.05, 0.1) is 29.9 Å². The maximum absolute atomic E-state index is 14.8. The zero-order chi connectivity index (χ0) is 23.5. The average molecular weight is 456 g/mol. The largest absolute Gasteiger partial charge is 0.383 e. The van der Waals surface area contributed by atoms with Crippen LogP contribution in [0.15, 0.2) is 24.3 Å². The molecule has 2 heterocycles. The maximum atomic E-state index is 14.8. The second-order valence-corrected chi connectivity index (χ2v) is 8.44. The number of halogens is 1. The van der Waals surface area contributed by atoms with Gasteiger partial charge in [0.1, 0.15) is 5.82 Å². The van der Waals surface area contributed by atoms with E-state index in [-0.39, 0.29) is 29.3 Å². The second kappa shape index (κ2) is 9.72. The number of carbonyl (C=O) groups excluding carboxylic acids is 1. The Bertz CT molecular complexity index is 1160. The van der Waals surface area contributed by atoms with Gasteiger partial charge in [0, 0.05) is 30.3 Å². The van der Waals surface area contributed by atoms with Gasteiger partial charge in [-0.3, -0.25) is 9.48 Å². The Kier molecular flexibility index (Phi) is 6.75. The Morgan fingerprint density at radius 1 is 1.27 bits per heavy atom. The Morgan fingerprint density at radius 3 is 2.79 bits per heavy atom. The van der Waals surface area contributed by atoms with E-state index in [1.165, 1.54) is 0 Å². The van der Waals surface area contributed by atoms with Gasteiger partial charge in [-0.05, 0) is 44.0 Å². The highest BCUT2D eigenvalue weighted by Crippen LogP contribution is 2.29. The van der Waals surface area contributed by atoms with Crippen molar-refractivity contribution < 1.29 is 13.9 Å².